The number of carboxylic acid groups (broad SMARTS) is 1. The average molecular weight is 374 g/mol. The number of nitrogens with two attached hydrogens (primary N) is 1. The van der Waals surface area contributed by atoms with Crippen LogP contribution in [-0.4, -0.2) is 20.5 Å². The van der Waals surface area contributed by atoms with Crippen molar-refractivity contribution in [3.63, 3.8) is 0 Å². The molecule has 2 aromatic heterocycles. The van der Waals surface area contributed by atoms with Gasteiger partial charge in [-0.25, -0.2) is 15.7 Å². The molecule has 0 saturated carbocycles. The fraction of sp³-hybridized carbons (Fsp3) is 0.0476. The molecule has 0 atom stereocenters. The molecule has 0 unspecified atom stereocenters. The first-order valence-electron chi connectivity index (χ1n) is 8.64. The Kier molecular flexibility index (Phi) is 4.76. The molecule has 0 aliphatic rings. The van der Waals surface area contributed by atoms with Crippen LogP contribution in [0.4, 0.5) is 11.5 Å². The third-order valence-electron chi connectivity index (χ3n) is 4.37. The molecule has 0 bridgehead atoms. The summed E-state index contributed by atoms with van der Waals surface area (Å²) in [6.45, 7) is 0.279. The molecule has 0 saturated heterocycles. The topological polar surface area (TPSA) is 102 Å². The maximum Gasteiger partial charge on any atom is 0.335 e. The van der Waals surface area contributed by atoms with Crippen LogP contribution in [0, 0.1) is 0 Å². The third-order valence-corrected chi connectivity index (χ3v) is 4.37. The van der Waals surface area contributed by atoms with Crippen molar-refractivity contribution in [2.45, 2.75) is 6.61 Å². The summed E-state index contributed by atoms with van der Waals surface area (Å²) in [6, 6.07) is 20.2. The molecule has 4 rings (SSSR count). The molecule has 7 nitrogen and oxygen atoms in total. The van der Waals surface area contributed by atoms with E-state index in [-0.39, 0.29) is 12.2 Å². The molecular formula is C21H18N4O3. The first-order chi connectivity index (χ1) is 13.7. The van der Waals surface area contributed by atoms with Crippen molar-refractivity contribution in [1.29, 1.82) is 0 Å². The van der Waals surface area contributed by atoms with E-state index in [2.05, 4.69) is 5.32 Å². The lowest BCUT2D eigenvalue weighted by atomic mass is 10.1. The van der Waals surface area contributed by atoms with Crippen LogP contribution in [0.2, 0.25) is 0 Å². The fourth-order valence-corrected chi connectivity index (χ4v) is 3.02. The number of aromatic carboxylic acids is 1. The van der Waals surface area contributed by atoms with Crippen LogP contribution in [-0.2, 0) is 11.4 Å². The van der Waals surface area contributed by atoms with E-state index in [1.807, 2.05) is 53.1 Å². The van der Waals surface area contributed by atoms with E-state index < -0.39 is 5.97 Å². The van der Waals surface area contributed by atoms with Gasteiger partial charge in [0.15, 0.2) is 0 Å². The Hall–Kier alpha value is -3.68. The number of hydrogen-bond donors (Lipinski definition) is 3. The van der Waals surface area contributed by atoms with Crippen molar-refractivity contribution in [2.24, 2.45) is 5.90 Å². The zero-order valence-corrected chi connectivity index (χ0v) is 14.9. The number of pyridine rings is 1. The molecule has 28 heavy (non-hydrogen) atoms. The van der Waals surface area contributed by atoms with Gasteiger partial charge in [-0.2, -0.15) is 0 Å². The fourth-order valence-electron chi connectivity index (χ4n) is 3.02. The Morgan fingerprint density at radius 2 is 1.82 bits per heavy atom. The van der Waals surface area contributed by atoms with Gasteiger partial charge in [0.05, 0.1) is 12.2 Å². The number of aromatic nitrogens is 2. The van der Waals surface area contributed by atoms with Crippen LogP contribution in [0.15, 0.2) is 72.9 Å². The first-order valence-corrected chi connectivity index (χ1v) is 8.64. The number of nitrogens with zero attached hydrogens (tertiary/aromatic N) is 2. The first kappa shape index (κ1) is 17.7. The standard InChI is InChI=1S/C21H18N4O3/c22-28-13-14-6-11-18-24-19(15-4-2-1-3-5-15)20(25(18)12-14)23-17-9-7-16(8-10-17)21(26)27/h1-12,23H,13,22H2,(H,26,27). The summed E-state index contributed by atoms with van der Waals surface area (Å²) < 4.78 is 1.93. The second-order valence-electron chi connectivity index (χ2n) is 6.26. The number of nitrogens with one attached hydrogen (secondary N) is 1. The number of fused-ring (bicyclic) bond motifs is 1. The van der Waals surface area contributed by atoms with Gasteiger partial charge in [0.1, 0.15) is 17.2 Å². The van der Waals surface area contributed by atoms with E-state index in [4.69, 9.17) is 20.8 Å². The molecular weight excluding hydrogens is 356 g/mol. The zero-order valence-electron chi connectivity index (χ0n) is 14.9. The minimum Gasteiger partial charge on any atom is -0.478 e. The highest BCUT2D eigenvalue weighted by Crippen LogP contribution is 2.31. The molecule has 0 aliphatic heterocycles. The molecule has 140 valence electrons. The lowest BCUT2D eigenvalue weighted by molar-refractivity contribution is 0.0697. The normalized spacial score (nSPS) is 10.9. The van der Waals surface area contributed by atoms with Crippen LogP contribution < -0.4 is 11.2 Å². The van der Waals surface area contributed by atoms with Gasteiger partial charge in [-0.15, -0.1) is 0 Å². The summed E-state index contributed by atoms with van der Waals surface area (Å²) in [4.78, 5) is 20.6. The SMILES string of the molecule is NOCc1ccc2nc(-c3ccccc3)c(Nc3ccc(C(=O)O)cc3)n2c1. The number of anilines is 2. The van der Waals surface area contributed by atoms with Crippen molar-refractivity contribution >= 4 is 23.1 Å². The Morgan fingerprint density at radius 1 is 1.07 bits per heavy atom. The van der Waals surface area contributed by atoms with E-state index in [1.54, 1.807) is 24.3 Å². The van der Waals surface area contributed by atoms with Crippen LogP contribution in [0.5, 0.6) is 0 Å². The lowest BCUT2D eigenvalue weighted by Crippen LogP contribution is -2.02. The molecule has 0 spiro atoms. The molecule has 2 heterocycles. The molecule has 0 radical (unpaired) electrons. The molecule has 2 aromatic carbocycles. The highest BCUT2D eigenvalue weighted by Gasteiger charge is 2.15. The van der Waals surface area contributed by atoms with Gasteiger partial charge >= 0.3 is 5.97 Å². The van der Waals surface area contributed by atoms with Crippen LogP contribution in [0.25, 0.3) is 16.9 Å². The van der Waals surface area contributed by atoms with Gasteiger partial charge < -0.3 is 10.4 Å². The monoisotopic (exact) mass is 374 g/mol. The highest BCUT2D eigenvalue weighted by molar-refractivity contribution is 5.88. The molecule has 0 fully saturated rings. The molecule has 4 aromatic rings. The largest absolute Gasteiger partial charge is 0.478 e. The minimum atomic E-state index is -0.960. The molecule has 7 heteroatoms. The number of hydrogen-bond acceptors (Lipinski definition) is 5. The van der Waals surface area contributed by atoms with Crippen molar-refractivity contribution in [1.82, 2.24) is 9.38 Å². The van der Waals surface area contributed by atoms with Crippen molar-refractivity contribution in [2.75, 3.05) is 5.32 Å². The van der Waals surface area contributed by atoms with Crippen molar-refractivity contribution < 1.29 is 14.7 Å². The van der Waals surface area contributed by atoms with E-state index in [0.29, 0.717) is 0 Å². The number of carboxylic acids is 1. The average Bonchev–Trinajstić information content (AvgIpc) is 3.07. The van der Waals surface area contributed by atoms with Gasteiger partial charge in [0.25, 0.3) is 0 Å². The third kappa shape index (κ3) is 3.44. The predicted octanol–water partition coefficient (Wildman–Crippen LogP) is 3.83. The Balaban J connectivity index is 1.83. The summed E-state index contributed by atoms with van der Waals surface area (Å²) in [5.41, 5.74) is 4.40. The van der Waals surface area contributed by atoms with Crippen LogP contribution in [0.1, 0.15) is 15.9 Å². The number of rotatable bonds is 6. The van der Waals surface area contributed by atoms with E-state index in [1.165, 1.54) is 0 Å². The number of benzene rings is 2. The summed E-state index contributed by atoms with van der Waals surface area (Å²) >= 11 is 0. The smallest absolute Gasteiger partial charge is 0.335 e. The van der Waals surface area contributed by atoms with Crippen molar-refractivity contribution in [3.8, 4) is 11.3 Å². The van der Waals surface area contributed by atoms with Crippen LogP contribution in [0.3, 0.4) is 0 Å². The van der Waals surface area contributed by atoms with E-state index in [0.717, 1.165) is 34.0 Å². The number of imidazole rings is 1. The Labute approximate surface area is 161 Å². The van der Waals surface area contributed by atoms with E-state index >= 15 is 0 Å². The zero-order chi connectivity index (χ0) is 19.5. The van der Waals surface area contributed by atoms with Gasteiger partial charge in [0.2, 0.25) is 0 Å². The maximum atomic E-state index is 11.1. The van der Waals surface area contributed by atoms with Crippen LogP contribution >= 0.6 is 0 Å². The quantitative estimate of drug-likeness (QED) is 0.443. The van der Waals surface area contributed by atoms with Gasteiger partial charge in [-0.3, -0.25) is 9.24 Å². The summed E-state index contributed by atoms with van der Waals surface area (Å²) in [7, 11) is 0. The summed E-state index contributed by atoms with van der Waals surface area (Å²) in [6.07, 6.45) is 1.91. The minimum absolute atomic E-state index is 0.231. The summed E-state index contributed by atoms with van der Waals surface area (Å²) in [5.74, 6) is 5.02. The second-order valence-corrected chi connectivity index (χ2v) is 6.26. The van der Waals surface area contributed by atoms with Gasteiger partial charge in [0, 0.05) is 17.4 Å². The molecule has 0 amide bonds. The highest BCUT2D eigenvalue weighted by atomic mass is 16.6. The lowest BCUT2D eigenvalue weighted by Gasteiger charge is -2.10. The van der Waals surface area contributed by atoms with E-state index in [9.17, 15) is 4.79 Å². The predicted molar refractivity (Wildman–Crippen MR) is 106 cm³/mol. The summed E-state index contributed by atoms with van der Waals surface area (Å²) in [5, 5.41) is 12.5. The van der Waals surface area contributed by atoms with Crippen molar-refractivity contribution in [3.05, 3.63) is 84.1 Å². The second kappa shape index (κ2) is 7.51. The van der Waals surface area contributed by atoms with Gasteiger partial charge in [-0.1, -0.05) is 36.4 Å². The Bertz CT molecular complexity index is 1120. The Morgan fingerprint density at radius 3 is 2.50 bits per heavy atom. The number of carbonyl (C=O) groups is 1. The molecule has 0 aliphatic carbocycles. The van der Waals surface area contributed by atoms with Gasteiger partial charge in [-0.05, 0) is 35.9 Å². The molecule has 4 N–H and O–H groups in total. The maximum absolute atomic E-state index is 11.1.